The van der Waals surface area contributed by atoms with Gasteiger partial charge in [0.2, 0.25) is 0 Å². The zero-order valence-electron chi connectivity index (χ0n) is 10.6. The van der Waals surface area contributed by atoms with Crippen LogP contribution in [-0.4, -0.2) is 36.0 Å². The Morgan fingerprint density at radius 1 is 1.31 bits per heavy atom. The maximum Gasteiger partial charge on any atom is 0.410 e. The third-order valence-electron chi connectivity index (χ3n) is 3.08. The Labute approximate surface area is 96.9 Å². The van der Waals surface area contributed by atoms with Crippen LogP contribution < -0.4 is 0 Å². The van der Waals surface area contributed by atoms with E-state index in [1.165, 1.54) is 0 Å². The van der Waals surface area contributed by atoms with E-state index in [0.717, 1.165) is 0 Å². The minimum atomic E-state index is -0.296. The lowest BCUT2D eigenvalue weighted by molar-refractivity contribution is -0.121. The molecule has 0 bridgehead atoms. The van der Waals surface area contributed by atoms with Gasteiger partial charge in [-0.05, 0) is 12.3 Å². The first-order valence-electron chi connectivity index (χ1n) is 5.78. The summed E-state index contributed by atoms with van der Waals surface area (Å²) in [7, 11) is 0. The zero-order chi connectivity index (χ0) is 12.3. The minimum Gasteiger partial charge on any atom is -0.446 e. The number of amides is 1. The van der Waals surface area contributed by atoms with E-state index in [2.05, 4.69) is 0 Å². The van der Waals surface area contributed by atoms with E-state index < -0.39 is 0 Å². The summed E-state index contributed by atoms with van der Waals surface area (Å²) < 4.78 is 5.37. The van der Waals surface area contributed by atoms with Crippen molar-refractivity contribution >= 4 is 11.9 Å². The molecule has 0 spiro atoms. The number of ether oxygens (including phenoxy) is 1. The molecule has 1 rings (SSSR count). The molecule has 4 heteroatoms. The van der Waals surface area contributed by atoms with Crippen molar-refractivity contribution in [3.05, 3.63) is 0 Å². The summed E-state index contributed by atoms with van der Waals surface area (Å²) in [6, 6.07) is 0. The third kappa shape index (κ3) is 3.51. The van der Waals surface area contributed by atoms with Crippen molar-refractivity contribution in [1.29, 1.82) is 0 Å². The average molecular weight is 227 g/mol. The summed E-state index contributed by atoms with van der Waals surface area (Å²) in [6.07, 6.45) is 0.491. The number of ketones is 1. The van der Waals surface area contributed by atoms with Gasteiger partial charge in [0.25, 0.3) is 0 Å². The molecule has 92 valence electrons. The van der Waals surface area contributed by atoms with Crippen LogP contribution in [0.2, 0.25) is 0 Å². The quantitative estimate of drug-likeness (QED) is 0.690. The van der Waals surface area contributed by atoms with E-state index >= 15 is 0 Å². The molecule has 16 heavy (non-hydrogen) atoms. The Balaban J connectivity index is 2.44. The highest BCUT2D eigenvalue weighted by molar-refractivity contribution is 5.81. The monoisotopic (exact) mass is 227 g/mol. The van der Waals surface area contributed by atoms with Crippen molar-refractivity contribution < 1.29 is 14.3 Å². The van der Waals surface area contributed by atoms with E-state index in [4.69, 9.17) is 4.74 Å². The van der Waals surface area contributed by atoms with Gasteiger partial charge in [0.1, 0.15) is 11.9 Å². The van der Waals surface area contributed by atoms with Crippen molar-refractivity contribution in [2.75, 3.05) is 13.1 Å². The second-order valence-electron chi connectivity index (χ2n) is 5.42. The first kappa shape index (κ1) is 13.0. The molecule has 1 amide bonds. The van der Waals surface area contributed by atoms with Crippen LogP contribution in [0.4, 0.5) is 4.79 Å². The number of carbonyl (C=O) groups is 2. The fraction of sp³-hybridized carbons (Fsp3) is 0.833. The molecule has 1 aliphatic rings. The van der Waals surface area contributed by atoms with E-state index in [9.17, 15) is 9.59 Å². The molecule has 0 saturated carbocycles. The highest BCUT2D eigenvalue weighted by Crippen LogP contribution is 2.22. The summed E-state index contributed by atoms with van der Waals surface area (Å²) >= 11 is 0. The van der Waals surface area contributed by atoms with Gasteiger partial charge in [-0.15, -0.1) is 0 Å². The number of rotatable bonds is 1. The second-order valence-corrected chi connectivity index (χ2v) is 5.42. The Morgan fingerprint density at radius 2 is 1.81 bits per heavy atom. The Kier molecular flexibility index (Phi) is 3.94. The number of carbonyl (C=O) groups excluding carboxylic acids is 2. The lowest BCUT2D eigenvalue weighted by Crippen LogP contribution is -2.42. The minimum absolute atomic E-state index is 0.0543. The van der Waals surface area contributed by atoms with Crippen LogP contribution in [0, 0.1) is 5.41 Å². The first-order valence-corrected chi connectivity index (χ1v) is 5.78. The predicted molar refractivity (Wildman–Crippen MR) is 61.2 cm³/mol. The fourth-order valence-electron chi connectivity index (χ4n) is 1.34. The standard InChI is InChI=1S/C12H21NO3/c1-9(12(2,3)4)16-11(15)13-7-5-10(14)6-8-13/h9H,5-8H2,1-4H3. The summed E-state index contributed by atoms with van der Waals surface area (Å²) in [5, 5.41) is 0. The zero-order valence-corrected chi connectivity index (χ0v) is 10.6. The van der Waals surface area contributed by atoms with Gasteiger partial charge in [-0.25, -0.2) is 4.79 Å². The molecule has 1 saturated heterocycles. The number of hydrogen-bond donors (Lipinski definition) is 0. The van der Waals surface area contributed by atoms with Crippen molar-refractivity contribution in [3.8, 4) is 0 Å². The lowest BCUT2D eigenvalue weighted by Gasteiger charge is -2.31. The third-order valence-corrected chi connectivity index (χ3v) is 3.08. The van der Waals surface area contributed by atoms with Gasteiger partial charge in [-0.2, -0.15) is 0 Å². The molecule has 1 aliphatic heterocycles. The van der Waals surface area contributed by atoms with Gasteiger partial charge in [0, 0.05) is 25.9 Å². The van der Waals surface area contributed by atoms with E-state index in [1.54, 1.807) is 4.90 Å². The van der Waals surface area contributed by atoms with Crippen molar-refractivity contribution in [2.24, 2.45) is 5.41 Å². The van der Waals surface area contributed by atoms with Crippen molar-refractivity contribution in [2.45, 2.75) is 46.6 Å². The smallest absolute Gasteiger partial charge is 0.410 e. The molecule has 0 aromatic rings. The van der Waals surface area contributed by atoms with E-state index in [-0.39, 0.29) is 23.4 Å². The van der Waals surface area contributed by atoms with E-state index in [0.29, 0.717) is 25.9 Å². The molecule has 1 fully saturated rings. The molecule has 0 aromatic heterocycles. The normalized spacial score (nSPS) is 19.5. The predicted octanol–water partition coefficient (Wildman–Crippen LogP) is 2.22. The Morgan fingerprint density at radius 3 is 2.25 bits per heavy atom. The highest BCUT2D eigenvalue weighted by Gasteiger charge is 2.28. The van der Waals surface area contributed by atoms with Gasteiger partial charge in [-0.3, -0.25) is 4.79 Å². The van der Waals surface area contributed by atoms with Crippen molar-refractivity contribution in [3.63, 3.8) is 0 Å². The second kappa shape index (κ2) is 4.85. The van der Waals surface area contributed by atoms with E-state index in [1.807, 2.05) is 27.7 Å². The van der Waals surface area contributed by atoms with Crippen LogP contribution >= 0.6 is 0 Å². The van der Waals surface area contributed by atoms with Gasteiger partial charge in [0.15, 0.2) is 0 Å². The first-order chi connectivity index (χ1) is 7.30. The molecular formula is C12H21NO3. The van der Waals surface area contributed by atoms with Gasteiger partial charge < -0.3 is 9.64 Å². The number of nitrogens with zero attached hydrogens (tertiary/aromatic N) is 1. The molecule has 0 radical (unpaired) electrons. The largest absolute Gasteiger partial charge is 0.446 e. The van der Waals surface area contributed by atoms with Gasteiger partial charge in [0.05, 0.1) is 0 Å². The van der Waals surface area contributed by atoms with Crippen LogP contribution in [0.5, 0.6) is 0 Å². The maximum atomic E-state index is 11.8. The molecule has 4 nitrogen and oxygen atoms in total. The summed E-state index contributed by atoms with van der Waals surface area (Å²) in [4.78, 5) is 24.4. The fourth-order valence-corrected chi connectivity index (χ4v) is 1.34. The van der Waals surface area contributed by atoms with Gasteiger partial charge >= 0.3 is 6.09 Å². The van der Waals surface area contributed by atoms with Crippen LogP contribution in [-0.2, 0) is 9.53 Å². The topological polar surface area (TPSA) is 46.6 Å². The summed E-state index contributed by atoms with van der Waals surface area (Å²) in [6.45, 7) is 8.98. The molecule has 0 aromatic carbocycles. The lowest BCUT2D eigenvalue weighted by atomic mass is 9.90. The molecule has 1 atom stereocenters. The number of hydrogen-bond acceptors (Lipinski definition) is 3. The van der Waals surface area contributed by atoms with Crippen LogP contribution in [0.1, 0.15) is 40.5 Å². The molecular weight excluding hydrogens is 206 g/mol. The van der Waals surface area contributed by atoms with Crippen molar-refractivity contribution in [1.82, 2.24) is 4.90 Å². The SMILES string of the molecule is CC(OC(=O)N1CCC(=O)CC1)C(C)(C)C. The molecule has 1 heterocycles. The Bertz CT molecular complexity index is 270. The molecule has 1 unspecified atom stereocenters. The highest BCUT2D eigenvalue weighted by atomic mass is 16.6. The number of likely N-dealkylation sites (tertiary alicyclic amines) is 1. The summed E-state index contributed by atoms with van der Waals surface area (Å²) in [5.41, 5.74) is -0.0543. The van der Waals surface area contributed by atoms with Gasteiger partial charge in [-0.1, -0.05) is 20.8 Å². The van der Waals surface area contributed by atoms with Crippen LogP contribution in [0.3, 0.4) is 0 Å². The average Bonchev–Trinajstić information content (AvgIpc) is 2.17. The molecule has 0 aliphatic carbocycles. The van der Waals surface area contributed by atoms with Crippen LogP contribution in [0.15, 0.2) is 0 Å². The number of Topliss-reactive ketones (excluding diaryl/α,β-unsaturated/α-hetero) is 1. The maximum absolute atomic E-state index is 11.8. The number of piperidine rings is 1. The van der Waals surface area contributed by atoms with Crippen LogP contribution in [0.25, 0.3) is 0 Å². The summed E-state index contributed by atoms with van der Waals surface area (Å²) in [5.74, 6) is 0.230. The Hall–Kier alpha value is -1.06. The molecule has 0 N–H and O–H groups in total.